The van der Waals surface area contributed by atoms with Crippen LogP contribution in [0.4, 0.5) is 5.69 Å². The Kier molecular flexibility index (Phi) is 5.42. The minimum Gasteiger partial charge on any atom is -0.479 e. The number of anilines is 1. The zero-order valence-corrected chi connectivity index (χ0v) is 13.6. The summed E-state index contributed by atoms with van der Waals surface area (Å²) in [6, 6.07) is 14.5. The van der Waals surface area contributed by atoms with Crippen LogP contribution in [0.3, 0.4) is 0 Å². The summed E-state index contributed by atoms with van der Waals surface area (Å²) in [5.41, 5.74) is 4.20. The molecule has 0 unspecified atom stereocenters. The fourth-order valence-corrected chi connectivity index (χ4v) is 2.28. The summed E-state index contributed by atoms with van der Waals surface area (Å²) in [7, 11) is 0. The number of aryl methyl sites for hydroxylation is 2. The van der Waals surface area contributed by atoms with E-state index in [1.54, 1.807) is 24.3 Å². The minimum absolute atomic E-state index is 0.0647. The van der Waals surface area contributed by atoms with Crippen LogP contribution in [0.5, 0.6) is 0 Å². The van der Waals surface area contributed by atoms with E-state index in [0.717, 1.165) is 11.1 Å². The van der Waals surface area contributed by atoms with Gasteiger partial charge in [-0.2, -0.15) is 0 Å². The molecule has 24 heavy (non-hydrogen) atoms. The Bertz CT molecular complexity index is 759. The number of rotatable bonds is 7. The van der Waals surface area contributed by atoms with Crippen LogP contribution in [-0.2, 0) is 16.0 Å². The third-order valence-electron chi connectivity index (χ3n) is 3.66. The number of carboxylic acids is 1. The first-order valence-corrected chi connectivity index (χ1v) is 7.46. The van der Waals surface area contributed by atoms with Gasteiger partial charge in [0.25, 0.3) is 0 Å². The van der Waals surface area contributed by atoms with Crippen molar-refractivity contribution in [3.05, 3.63) is 65.2 Å². The maximum atomic E-state index is 11.6. The van der Waals surface area contributed by atoms with E-state index in [1.165, 1.54) is 0 Å². The number of hydrogen-bond donors (Lipinski definition) is 2. The Labute approximate surface area is 140 Å². The topological polar surface area (TPSA) is 91.1 Å². The fraction of sp³-hybridized carbons (Fsp3) is 0.222. The van der Waals surface area contributed by atoms with Crippen LogP contribution >= 0.6 is 0 Å². The zero-order valence-electron chi connectivity index (χ0n) is 13.6. The standard InChI is InChI=1S/C18H19N3O3/c1-13-8-9-16(14(2)10-13)19-21-20-18(12-22,17(23)24)11-15-6-4-3-5-7-15/h3-10,12H,11H2,1-2H3,(H,19,20)(H,23,24)/t18-/m1/s1. The quantitative estimate of drug-likeness (QED) is 0.353. The maximum Gasteiger partial charge on any atom is 0.341 e. The normalized spacial score (nSPS) is 13.4. The first kappa shape index (κ1) is 17.3. The molecule has 0 bridgehead atoms. The lowest BCUT2D eigenvalue weighted by Gasteiger charge is -2.17. The van der Waals surface area contributed by atoms with Crippen LogP contribution in [-0.4, -0.2) is 22.9 Å². The molecule has 0 aliphatic rings. The van der Waals surface area contributed by atoms with Crippen molar-refractivity contribution in [2.45, 2.75) is 25.8 Å². The van der Waals surface area contributed by atoms with Crippen molar-refractivity contribution in [1.29, 1.82) is 0 Å². The van der Waals surface area contributed by atoms with Gasteiger partial charge >= 0.3 is 5.97 Å². The van der Waals surface area contributed by atoms with Gasteiger partial charge in [-0.15, -0.1) is 5.11 Å². The molecule has 0 saturated heterocycles. The molecule has 0 aliphatic carbocycles. The second-order valence-corrected chi connectivity index (χ2v) is 5.64. The van der Waals surface area contributed by atoms with Crippen molar-refractivity contribution >= 4 is 17.9 Å². The second-order valence-electron chi connectivity index (χ2n) is 5.64. The van der Waals surface area contributed by atoms with Crippen molar-refractivity contribution in [2.75, 3.05) is 5.43 Å². The Balaban J connectivity index is 2.22. The van der Waals surface area contributed by atoms with Gasteiger partial charge in [-0.05, 0) is 31.0 Å². The second kappa shape index (κ2) is 7.50. The number of carboxylic acid groups (broad SMARTS) is 1. The monoisotopic (exact) mass is 325 g/mol. The molecular formula is C18H19N3O3. The largest absolute Gasteiger partial charge is 0.479 e. The van der Waals surface area contributed by atoms with Crippen molar-refractivity contribution in [1.82, 2.24) is 0 Å². The zero-order chi connectivity index (χ0) is 17.6. The maximum absolute atomic E-state index is 11.6. The molecule has 0 radical (unpaired) electrons. The van der Waals surface area contributed by atoms with Crippen LogP contribution in [0.1, 0.15) is 16.7 Å². The molecule has 2 rings (SSSR count). The minimum atomic E-state index is -1.95. The molecule has 2 aromatic rings. The highest BCUT2D eigenvalue weighted by atomic mass is 16.4. The van der Waals surface area contributed by atoms with E-state index in [4.69, 9.17) is 0 Å². The van der Waals surface area contributed by atoms with Crippen LogP contribution in [0.2, 0.25) is 0 Å². The number of aliphatic carboxylic acids is 1. The predicted molar refractivity (Wildman–Crippen MR) is 91.0 cm³/mol. The molecule has 0 fully saturated rings. The van der Waals surface area contributed by atoms with Gasteiger partial charge in [-0.3, -0.25) is 10.2 Å². The number of nitrogens with zero attached hydrogens (tertiary/aromatic N) is 2. The molecule has 0 amide bonds. The molecular weight excluding hydrogens is 306 g/mol. The molecule has 0 spiro atoms. The lowest BCUT2D eigenvalue weighted by molar-refractivity contribution is -0.145. The van der Waals surface area contributed by atoms with E-state index < -0.39 is 11.5 Å². The van der Waals surface area contributed by atoms with E-state index in [2.05, 4.69) is 15.8 Å². The number of benzene rings is 2. The van der Waals surface area contributed by atoms with Crippen LogP contribution in [0, 0.1) is 13.8 Å². The SMILES string of the molecule is Cc1ccc(NN=N[C@@](C=O)(Cc2ccccc2)C(=O)O)c(C)c1. The Morgan fingerprint density at radius 2 is 1.92 bits per heavy atom. The lowest BCUT2D eigenvalue weighted by Crippen LogP contribution is -2.40. The van der Waals surface area contributed by atoms with Gasteiger partial charge in [0, 0.05) is 6.42 Å². The third-order valence-corrected chi connectivity index (χ3v) is 3.66. The highest BCUT2D eigenvalue weighted by Crippen LogP contribution is 2.19. The van der Waals surface area contributed by atoms with Crippen molar-refractivity contribution in [2.24, 2.45) is 10.3 Å². The number of nitrogens with one attached hydrogen (secondary N) is 1. The van der Waals surface area contributed by atoms with E-state index >= 15 is 0 Å². The smallest absolute Gasteiger partial charge is 0.341 e. The van der Waals surface area contributed by atoms with Gasteiger partial charge in [0.2, 0.25) is 5.54 Å². The number of carbonyl (C=O) groups excluding carboxylic acids is 1. The van der Waals surface area contributed by atoms with E-state index in [0.29, 0.717) is 17.5 Å². The average Bonchev–Trinajstić information content (AvgIpc) is 2.56. The summed E-state index contributed by atoms with van der Waals surface area (Å²) in [4.78, 5) is 23.1. The summed E-state index contributed by atoms with van der Waals surface area (Å²) < 4.78 is 0. The van der Waals surface area contributed by atoms with Crippen LogP contribution < -0.4 is 5.43 Å². The van der Waals surface area contributed by atoms with Gasteiger partial charge in [0.15, 0.2) is 6.29 Å². The summed E-state index contributed by atoms with van der Waals surface area (Å²) in [5.74, 6) is -1.34. The van der Waals surface area contributed by atoms with Gasteiger partial charge in [-0.1, -0.05) is 53.3 Å². The third kappa shape index (κ3) is 4.04. The Hall–Kier alpha value is -3.02. The molecule has 1 atom stereocenters. The molecule has 0 heterocycles. The molecule has 2 aromatic carbocycles. The highest BCUT2D eigenvalue weighted by Gasteiger charge is 2.39. The van der Waals surface area contributed by atoms with E-state index in [1.807, 2.05) is 38.1 Å². The average molecular weight is 325 g/mol. The molecule has 6 nitrogen and oxygen atoms in total. The van der Waals surface area contributed by atoms with E-state index in [9.17, 15) is 14.7 Å². The van der Waals surface area contributed by atoms with E-state index in [-0.39, 0.29) is 6.42 Å². The first-order valence-electron chi connectivity index (χ1n) is 7.46. The number of carbonyl (C=O) groups is 2. The van der Waals surface area contributed by atoms with Crippen molar-refractivity contribution in [3.63, 3.8) is 0 Å². The Morgan fingerprint density at radius 1 is 1.21 bits per heavy atom. The summed E-state index contributed by atoms with van der Waals surface area (Å²) in [5, 5.41) is 17.0. The molecule has 2 N–H and O–H groups in total. The number of aldehydes is 1. The molecule has 0 aromatic heterocycles. The van der Waals surface area contributed by atoms with Crippen molar-refractivity contribution < 1.29 is 14.7 Å². The molecule has 124 valence electrons. The Morgan fingerprint density at radius 3 is 2.50 bits per heavy atom. The highest BCUT2D eigenvalue weighted by molar-refractivity contribution is 5.97. The first-order chi connectivity index (χ1) is 11.5. The summed E-state index contributed by atoms with van der Waals surface area (Å²) >= 11 is 0. The van der Waals surface area contributed by atoms with Gasteiger partial charge in [0.1, 0.15) is 0 Å². The van der Waals surface area contributed by atoms with Gasteiger partial charge in [0.05, 0.1) is 5.69 Å². The van der Waals surface area contributed by atoms with Gasteiger partial charge < -0.3 is 5.11 Å². The van der Waals surface area contributed by atoms with Crippen molar-refractivity contribution in [3.8, 4) is 0 Å². The number of hydrogen-bond acceptors (Lipinski definition) is 4. The van der Waals surface area contributed by atoms with Gasteiger partial charge in [-0.25, -0.2) is 4.79 Å². The predicted octanol–water partition coefficient (Wildman–Crippen LogP) is 3.35. The molecule has 0 aliphatic heterocycles. The summed E-state index contributed by atoms with van der Waals surface area (Å²) in [6.07, 6.45) is 0.250. The van der Waals surface area contributed by atoms with Crippen LogP contribution in [0.25, 0.3) is 0 Å². The van der Waals surface area contributed by atoms with Crippen LogP contribution in [0.15, 0.2) is 58.9 Å². The molecule has 0 saturated carbocycles. The summed E-state index contributed by atoms with van der Waals surface area (Å²) in [6.45, 7) is 3.87. The lowest BCUT2D eigenvalue weighted by atomic mass is 9.93. The fourth-order valence-electron chi connectivity index (χ4n) is 2.28. The molecule has 6 heteroatoms.